The fourth-order valence-electron chi connectivity index (χ4n) is 4.92. The van der Waals surface area contributed by atoms with Crippen LogP contribution in [-0.4, -0.2) is 58.9 Å². The summed E-state index contributed by atoms with van der Waals surface area (Å²) in [7, 11) is 1.93. The molecule has 1 aromatic rings. The minimum Gasteiger partial charge on any atom is -0.353 e. The molecule has 2 atom stereocenters. The summed E-state index contributed by atoms with van der Waals surface area (Å²) < 4.78 is 1.82. The fraction of sp³-hybridized carbons (Fsp3) is 0.789. The summed E-state index contributed by atoms with van der Waals surface area (Å²) >= 11 is 0. The monoisotopic (exact) mass is 345 g/mol. The molecule has 3 fully saturated rings. The lowest BCUT2D eigenvalue weighted by Gasteiger charge is -2.36. The fourth-order valence-corrected chi connectivity index (χ4v) is 4.92. The van der Waals surface area contributed by atoms with E-state index in [0.717, 1.165) is 45.1 Å². The van der Waals surface area contributed by atoms with Gasteiger partial charge in [0.1, 0.15) is 0 Å². The number of hydrogen-bond donors (Lipinski definition) is 2. The van der Waals surface area contributed by atoms with Crippen LogP contribution < -0.4 is 10.6 Å². The highest BCUT2D eigenvalue weighted by molar-refractivity contribution is 5.80. The van der Waals surface area contributed by atoms with Crippen LogP contribution in [0.1, 0.15) is 50.0 Å². The van der Waals surface area contributed by atoms with Crippen molar-refractivity contribution in [3.05, 3.63) is 18.0 Å². The standard InChI is InChI=1S/C19H31N5O/c1-23-13-14(10-21-23)17-11-20-12-18(17)19(25)22-15-6-8-24(9-7-15)16-4-2-3-5-16/h10,13,15-18,20H,2-9,11-12H2,1H3,(H,22,25)/t17-,18+/m1/s1. The lowest BCUT2D eigenvalue weighted by molar-refractivity contribution is -0.125. The summed E-state index contributed by atoms with van der Waals surface area (Å²) in [6.45, 7) is 3.92. The van der Waals surface area contributed by atoms with Crippen LogP contribution in [0.25, 0.3) is 0 Å². The Morgan fingerprint density at radius 1 is 1.20 bits per heavy atom. The smallest absolute Gasteiger partial charge is 0.225 e. The van der Waals surface area contributed by atoms with Crippen molar-refractivity contribution in [2.45, 2.75) is 56.5 Å². The molecular formula is C19H31N5O. The van der Waals surface area contributed by atoms with Crippen LogP contribution >= 0.6 is 0 Å². The van der Waals surface area contributed by atoms with Crippen molar-refractivity contribution in [2.24, 2.45) is 13.0 Å². The van der Waals surface area contributed by atoms with Gasteiger partial charge in [-0.3, -0.25) is 9.48 Å². The van der Waals surface area contributed by atoms with Crippen molar-refractivity contribution in [1.82, 2.24) is 25.3 Å². The third-order valence-corrected chi connectivity index (χ3v) is 6.42. The van der Waals surface area contributed by atoms with E-state index >= 15 is 0 Å². The number of likely N-dealkylation sites (tertiary alicyclic amines) is 1. The summed E-state index contributed by atoms with van der Waals surface area (Å²) in [5.74, 6) is 0.488. The molecular weight excluding hydrogens is 314 g/mol. The highest BCUT2D eigenvalue weighted by atomic mass is 16.2. The van der Waals surface area contributed by atoms with Gasteiger partial charge in [0.15, 0.2) is 0 Å². The van der Waals surface area contributed by atoms with Crippen molar-refractivity contribution in [1.29, 1.82) is 0 Å². The summed E-state index contributed by atoms with van der Waals surface area (Å²) in [6.07, 6.45) is 11.7. The highest BCUT2D eigenvalue weighted by Gasteiger charge is 2.36. The minimum atomic E-state index is 0.0251. The second-order valence-electron chi connectivity index (χ2n) is 8.08. The van der Waals surface area contributed by atoms with E-state index in [4.69, 9.17) is 0 Å². The molecule has 0 spiro atoms. The molecule has 138 valence electrons. The van der Waals surface area contributed by atoms with Crippen LogP contribution in [0.15, 0.2) is 12.4 Å². The van der Waals surface area contributed by atoms with Gasteiger partial charge in [-0.05, 0) is 31.2 Å². The van der Waals surface area contributed by atoms with E-state index in [0.29, 0.717) is 6.04 Å². The lowest BCUT2D eigenvalue weighted by atomic mass is 9.89. The van der Waals surface area contributed by atoms with Crippen molar-refractivity contribution >= 4 is 5.91 Å². The predicted octanol–water partition coefficient (Wildman–Crippen LogP) is 1.25. The van der Waals surface area contributed by atoms with Crippen LogP contribution in [0.5, 0.6) is 0 Å². The molecule has 1 amide bonds. The molecule has 0 bridgehead atoms. The zero-order chi connectivity index (χ0) is 17.2. The first-order chi connectivity index (χ1) is 12.2. The number of amides is 1. The van der Waals surface area contributed by atoms with E-state index in [-0.39, 0.29) is 17.7 Å². The number of aryl methyl sites for hydroxylation is 1. The number of hydrogen-bond acceptors (Lipinski definition) is 4. The summed E-state index contributed by atoms with van der Waals surface area (Å²) in [5.41, 5.74) is 1.17. The molecule has 0 unspecified atom stereocenters. The van der Waals surface area contributed by atoms with Gasteiger partial charge in [-0.1, -0.05) is 12.8 Å². The number of nitrogens with one attached hydrogen (secondary N) is 2. The second-order valence-corrected chi connectivity index (χ2v) is 8.08. The first kappa shape index (κ1) is 17.0. The molecule has 6 nitrogen and oxygen atoms in total. The van der Waals surface area contributed by atoms with E-state index in [1.807, 2.05) is 24.1 Å². The zero-order valence-electron chi connectivity index (χ0n) is 15.3. The Labute approximate surface area is 150 Å². The van der Waals surface area contributed by atoms with Crippen molar-refractivity contribution < 1.29 is 4.79 Å². The Bertz CT molecular complexity index is 586. The summed E-state index contributed by atoms with van der Waals surface area (Å²) in [4.78, 5) is 15.5. The van der Waals surface area contributed by atoms with Crippen molar-refractivity contribution in [3.8, 4) is 0 Å². The molecule has 25 heavy (non-hydrogen) atoms. The average Bonchev–Trinajstić information content (AvgIpc) is 3.36. The van der Waals surface area contributed by atoms with E-state index in [2.05, 4.69) is 20.6 Å². The zero-order valence-corrected chi connectivity index (χ0v) is 15.3. The minimum absolute atomic E-state index is 0.0251. The van der Waals surface area contributed by atoms with Crippen LogP contribution in [0.2, 0.25) is 0 Å². The molecule has 3 heterocycles. The largest absolute Gasteiger partial charge is 0.353 e. The van der Waals surface area contributed by atoms with Gasteiger partial charge in [0.2, 0.25) is 5.91 Å². The van der Waals surface area contributed by atoms with Gasteiger partial charge in [0.25, 0.3) is 0 Å². The maximum absolute atomic E-state index is 12.8. The Kier molecular flexibility index (Phi) is 5.08. The molecule has 1 aliphatic carbocycles. The first-order valence-corrected chi connectivity index (χ1v) is 9.94. The maximum Gasteiger partial charge on any atom is 0.225 e. The quantitative estimate of drug-likeness (QED) is 0.862. The topological polar surface area (TPSA) is 62.2 Å². The third-order valence-electron chi connectivity index (χ3n) is 6.42. The molecule has 1 aromatic heterocycles. The molecule has 2 aliphatic heterocycles. The number of rotatable bonds is 4. The van der Waals surface area contributed by atoms with E-state index < -0.39 is 0 Å². The molecule has 0 radical (unpaired) electrons. The van der Waals surface area contributed by atoms with Gasteiger partial charge in [-0.15, -0.1) is 0 Å². The molecule has 1 saturated carbocycles. The number of carbonyl (C=O) groups is 1. The third kappa shape index (κ3) is 3.75. The van der Waals surface area contributed by atoms with Crippen LogP contribution in [0.3, 0.4) is 0 Å². The Morgan fingerprint density at radius 2 is 1.96 bits per heavy atom. The number of aromatic nitrogens is 2. The van der Waals surface area contributed by atoms with Gasteiger partial charge in [-0.2, -0.15) is 5.10 Å². The molecule has 2 N–H and O–H groups in total. The van der Waals surface area contributed by atoms with Crippen LogP contribution in [-0.2, 0) is 11.8 Å². The number of nitrogens with zero attached hydrogens (tertiary/aromatic N) is 3. The Morgan fingerprint density at radius 3 is 2.64 bits per heavy atom. The van der Waals surface area contributed by atoms with E-state index in [1.54, 1.807) is 0 Å². The van der Waals surface area contributed by atoms with E-state index in [9.17, 15) is 4.79 Å². The Hall–Kier alpha value is -1.40. The van der Waals surface area contributed by atoms with Crippen molar-refractivity contribution in [2.75, 3.05) is 26.2 Å². The average molecular weight is 345 g/mol. The lowest BCUT2D eigenvalue weighted by Crippen LogP contribution is -2.49. The van der Waals surface area contributed by atoms with Gasteiger partial charge < -0.3 is 15.5 Å². The second kappa shape index (κ2) is 7.46. The van der Waals surface area contributed by atoms with Crippen LogP contribution in [0.4, 0.5) is 0 Å². The van der Waals surface area contributed by atoms with Gasteiger partial charge in [0, 0.05) is 57.4 Å². The molecule has 0 aromatic carbocycles. The number of carbonyl (C=O) groups excluding carboxylic acids is 1. The summed E-state index contributed by atoms with van der Waals surface area (Å²) in [5, 5.41) is 11.0. The van der Waals surface area contributed by atoms with Crippen molar-refractivity contribution in [3.63, 3.8) is 0 Å². The van der Waals surface area contributed by atoms with E-state index in [1.165, 1.54) is 31.2 Å². The number of piperidine rings is 1. The first-order valence-electron chi connectivity index (χ1n) is 9.94. The van der Waals surface area contributed by atoms with Gasteiger partial charge in [-0.25, -0.2) is 0 Å². The van der Waals surface area contributed by atoms with Crippen LogP contribution in [0, 0.1) is 5.92 Å². The van der Waals surface area contributed by atoms with Gasteiger partial charge in [0.05, 0.1) is 12.1 Å². The SMILES string of the molecule is Cn1cc([C@H]2CNC[C@@H]2C(=O)NC2CCN(C3CCCC3)CC2)cn1. The molecule has 4 rings (SSSR count). The normalized spacial score (nSPS) is 29.3. The molecule has 3 aliphatic rings. The van der Waals surface area contributed by atoms with Gasteiger partial charge >= 0.3 is 0 Å². The molecule has 2 saturated heterocycles. The maximum atomic E-state index is 12.8. The predicted molar refractivity (Wildman–Crippen MR) is 97.3 cm³/mol. The summed E-state index contributed by atoms with van der Waals surface area (Å²) in [6, 6.07) is 1.16. The molecule has 6 heteroatoms. The highest BCUT2D eigenvalue weighted by Crippen LogP contribution is 2.29. The Balaban J connectivity index is 1.30.